The van der Waals surface area contributed by atoms with Gasteiger partial charge in [-0.2, -0.15) is 0 Å². The van der Waals surface area contributed by atoms with Crippen LogP contribution in [0.2, 0.25) is 0 Å². The maximum absolute atomic E-state index is 4.50. The van der Waals surface area contributed by atoms with E-state index in [-0.39, 0.29) is 0 Å². The van der Waals surface area contributed by atoms with Crippen molar-refractivity contribution in [2.45, 2.75) is 31.7 Å². The molecule has 106 valence electrons. The van der Waals surface area contributed by atoms with Gasteiger partial charge in [0, 0.05) is 31.5 Å². The van der Waals surface area contributed by atoms with Gasteiger partial charge in [-0.15, -0.1) is 10.2 Å². The van der Waals surface area contributed by atoms with Gasteiger partial charge in [-0.05, 0) is 38.1 Å². The highest BCUT2D eigenvalue weighted by Gasteiger charge is 2.25. The molecule has 0 radical (unpaired) electrons. The Balaban J connectivity index is 1.41. The van der Waals surface area contributed by atoms with E-state index < -0.39 is 0 Å². The van der Waals surface area contributed by atoms with Crippen molar-refractivity contribution in [2.24, 2.45) is 5.92 Å². The average molecular weight is 272 g/mol. The zero-order valence-electron chi connectivity index (χ0n) is 11.6. The van der Waals surface area contributed by atoms with Gasteiger partial charge < -0.3 is 10.2 Å². The third-order valence-electron chi connectivity index (χ3n) is 4.38. The van der Waals surface area contributed by atoms with Crippen LogP contribution in [0.3, 0.4) is 0 Å². The first kappa shape index (κ1) is 12.1. The number of fused-ring (bicyclic) bond motifs is 1. The van der Waals surface area contributed by atoms with Gasteiger partial charge in [0.1, 0.15) is 6.33 Å². The Labute approximate surface area is 118 Å². The molecule has 1 aliphatic carbocycles. The molecule has 1 aliphatic heterocycles. The summed E-state index contributed by atoms with van der Waals surface area (Å²) in [4.78, 5) is 6.84. The maximum atomic E-state index is 4.50. The highest BCUT2D eigenvalue weighted by molar-refractivity contribution is 5.63. The first-order valence-electron chi connectivity index (χ1n) is 7.53. The van der Waals surface area contributed by atoms with Gasteiger partial charge in [0.05, 0.1) is 0 Å². The van der Waals surface area contributed by atoms with Crippen LogP contribution in [0.5, 0.6) is 0 Å². The molecule has 0 atom stereocenters. The van der Waals surface area contributed by atoms with Crippen LogP contribution in [0.25, 0.3) is 5.65 Å². The summed E-state index contributed by atoms with van der Waals surface area (Å²) < 4.78 is 1.93. The van der Waals surface area contributed by atoms with E-state index in [2.05, 4.69) is 25.4 Å². The van der Waals surface area contributed by atoms with E-state index in [0.717, 1.165) is 36.5 Å². The van der Waals surface area contributed by atoms with E-state index in [4.69, 9.17) is 0 Å². The van der Waals surface area contributed by atoms with Crippen LogP contribution in [-0.2, 0) is 0 Å². The molecule has 1 saturated carbocycles. The van der Waals surface area contributed by atoms with E-state index in [1.165, 1.54) is 32.2 Å². The van der Waals surface area contributed by atoms with Crippen LogP contribution in [0.15, 0.2) is 18.7 Å². The summed E-state index contributed by atoms with van der Waals surface area (Å²) in [7, 11) is 0. The molecule has 0 amide bonds. The second kappa shape index (κ2) is 5.01. The number of hydrogen-bond donors (Lipinski definition) is 1. The summed E-state index contributed by atoms with van der Waals surface area (Å²) in [6.45, 7) is 3.31. The molecule has 0 aromatic carbocycles. The van der Waals surface area contributed by atoms with Gasteiger partial charge in [-0.1, -0.05) is 0 Å². The van der Waals surface area contributed by atoms with Crippen molar-refractivity contribution < 1.29 is 0 Å². The highest BCUT2D eigenvalue weighted by Crippen LogP contribution is 2.25. The van der Waals surface area contributed by atoms with Crippen LogP contribution in [0.1, 0.15) is 25.7 Å². The summed E-state index contributed by atoms with van der Waals surface area (Å²) in [6.07, 6.45) is 10.7. The average Bonchev–Trinajstić information content (AvgIpc) is 3.20. The van der Waals surface area contributed by atoms with Crippen molar-refractivity contribution in [3.05, 3.63) is 18.7 Å². The fraction of sp³-hybridized carbons (Fsp3) is 0.643. The monoisotopic (exact) mass is 272 g/mol. The van der Waals surface area contributed by atoms with Crippen molar-refractivity contribution in [3.8, 4) is 0 Å². The molecule has 20 heavy (non-hydrogen) atoms. The normalized spacial score (nSPS) is 20.7. The van der Waals surface area contributed by atoms with Crippen molar-refractivity contribution in [1.82, 2.24) is 24.9 Å². The van der Waals surface area contributed by atoms with Crippen molar-refractivity contribution in [1.29, 1.82) is 0 Å². The van der Waals surface area contributed by atoms with Gasteiger partial charge in [-0.25, -0.2) is 4.98 Å². The Hall–Kier alpha value is -1.69. The molecule has 3 heterocycles. The van der Waals surface area contributed by atoms with E-state index in [1.54, 1.807) is 6.33 Å². The Morgan fingerprint density at radius 1 is 1.20 bits per heavy atom. The second-order valence-corrected chi connectivity index (χ2v) is 5.93. The van der Waals surface area contributed by atoms with E-state index in [0.29, 0.717) is 0 Å². The van der Waals surface area contributed by atoms with Gasteiger partial charge in [0.15, 0.2) is 5.82 Å². The van der Waals surface area contributed by atoms with Crippen molar-refractivity contribution in [3.63, 3.8) is 0 Å². The molecule has 1 N–H and O–H groups in total. The fourth-order valence-corrected chi connectivity index (χ4v) is 2.94. The molecule has 0 bridgehead atoms. The van der Waals surface area contributed by atoms with Crippen molar-refractivity contribution >= 4 is 11.5 Å². The lowest BCUT2D eigenvalue weighted by molar-refractivity contribution is 0.381. The lowest BCUT2D eigenvalue weighted by Gasteiger charge is -2.32. The minimum absolute atomic E-state index is 0.810. The molecular formula is C14H20N6. The number of hydrogen-bond acceptors (Lipinski definition) is 5. The molecule has 1 saturated heterocycles. The molecule has 2 fully saturated rings. The van der Waals surface area contributed by atoms with Crippen LogP contribution in [0.4, 0.5) is 5.82 Å². The van der Waals surface area contributed by atoms with E-state index in [9.17, 15) is 0 Å². The first-order chi connectivity index (χ1) is 9.90. The maximum Gasteiger partial charge on any atom is 0.203 e. The summed E-state index contributed by atoms with van der Waals surface area (Å²) in [6, 6.07) is 0.819. The van der Waals surface area contributed by atoms with Crippen molar-refractivity contribution in [2.75, 3.05) is 24.5 Å². The smallest absolute Gasteiger partial charge is 0.203 e. The molecule has 2 aliphatic rings. The van der Waals surface area contributed by atoms with E-state index in [1.807, 2.05) is 16.8 Å². The number of anilines is 1. The number of aromatic nitrogens is 4. The summed E-state index contributed by atoms with van der Waals surface area (Å²) >= 11 is 0. The predicted octanol–water partition coefficient (Wildman–Crippen LogP) is 1.09. The second-order valence-electron chi connectivity index (χ2n) is 5.93. The third kappa shape index (κ3) is 2.35. The molecule has 6 nitrogen and oxygen atoms in total. The topological polar surface area (TPSA) is 58.4 Å². The number of piperidine rings is 1. The van der Waals surface area contributed by atoms with Gasteiger partial charge in [0.25, 0.3) is 0 Å². The minimum Gasteiger partial charge on any atom is -0.353 e. The Kier molecular flexibility index (Phi) is 3.03. The number of nitrogens with one attached hydrogen (secondary N) is 1. The lowest BCUT2D eigenvalue weighted by Crippen LogP contribution is -2.38. The quantitative estimate of drug-likeness (QED) is 0.903. The van der Waals surface area contributed by atoms with Gasteiger partial charge in [-0.3, -0.25) is 4.40 Å². The van der Waals surface area contributed by atoms with Crippen LogP contribution in [-0.4, -0.2) is 45.3 Å². The number of nitrogens with zero attached hydrogens (tertiary/aromatic N) is 5. The third-order valence-corrected chi connectivity index (χ3v) is 4.38. The molecular weight excluding hydrogens is 252 g/mol. The molecule has 2 aromatic heterocycles. The molecule has 4 rings (SSSR count). The van der Waals surface area contributed by atoms with Gasteiger partial charge in [0.2, 0.25) is 5.65 Å². The zero-order chi connectivity index (χ0) is 13.4. The Morgan fingerprint density at radius 3 is 2.85 bits per heavy atom. The molecule has 0 unspecified atom stereocenters. The number of rotatable bonds is 4. The molecule has 0 spiro atoms. The van der Waals surface area contributed by atoms with Crippen LogP contribution >= 0.6 is 0 Å². The first-order valence-corrected chi connectivity index (χ1v) is 7.53. The largest absolute Gasteiger partial charge is 0.353 e. The standard InChI is InChI=1S/C14H20N6/c1-2-12(1)16-9-11-3-6-19(7-4-11)13-14-18-17-10-20(14)8-5-15-13/h5,8,10-12,16H,1-4,6-7,9H2. The summed E-state index contributed by atoms with van der Waals surface area (Å²) in [5, 5.41) is 11.8. The SMILES string of the molecule is c1cn2cnnc2c(N2CCC(CNC3CC3)CC2)n1. The van der Waals surface area contributed by atoms with E-state index >= 15 is 0 Å². The fourth-order valence-electron chi connectivity index (χ4n) is 2.94. The Morgan fingerprint density at radius 2 is 2.05 bits per heavy atom. The van der Waals surface area contributed by atoms with Crippen LogP contribution < -0.4 is 10.2 Å². The highest BCUT2D eigenvalue weighted by atomic mass is 15.3. The Bertz CT molecular complexity index is 582. The lowest BCUT2D eigenvalue weighted by atomic mass is 9.97. The molecule has 6 heteroatoms. The van der Waals surface area contributed by atoms with Gasteiger partial charge >= 0.3 is 0 Å². The minimum atomic E-state index is 0.810. The zero-order valence-corrected chi connectivity index (χ0v) is 11.6. The predicted molar refractivity (Wildman–Crippen MR) is 76.7 cm³/mol. The summed E-state index contributed by atoms with van der Waals surface area (Å²) in [5.74, 6) is 1.78. The molecule has 2 aromatic rings. The van der Waals surface area contributed by atoms with Crippen LogP contribution in [0, 0.1) is 5.92 Å². The summed E-state index contributed by atoms with van der Waals surface area (Å²) in [5.41, 5.74) is 0.863.